The van der Waals surface area contributed by atoms with Crippen LogP contribution in [0.5, 0.6) is 5.75 Å². The number of methoxy groups -OCH3 is 1. The Kier molecular flexibility index (Phi) is 7.58. The number of benzene rings is 2. The van der Waals surface area contributed by atoms with Gasteiger partial charge >= 0.3 is 0 Å². The van der Waals surface area contributed by atoms with Gasteiger partial charge in [0.1, 0.15) is 5.75 Å². The quantitative estimate of drug-likeness (QED) is 0.746. The Balaban J connectivity index is 1.58. The first-order valence-corrected chi connectivity index (χ1v) is 10.5. The maximum atomic E-state index is 12.7. The summed E-state index contributed by atoms with van der Waals surface area (Å²) in [6.07, 6.45) is 0.795. The van der Waals surface area contributed by atoms with E-state index < -0.39 is 0 Å². The second-order valence-electron chi connectivity index (χ2n) is 7.28. The van der Waals surface area contributed by atoms with E-state index >= 15 is 0 Å². The van der Waals surface area contributed by atoms with E-state index in [1.165, 1.54) is 7.11 Å². The smallest absolute Gasteiger partial charge is 0.253 e. The molecule has 160 valence electrons. The van der Waals surface area contributed by atoms with Crippen LogP contribution in [0, 0.1) is 6.92 Å². The van der Waals surface area contributed by atoms with Crippen molar-refractivity contribution in [3.8, 4) is 5.75 Å². The molecular formula is C22H25Cl2N3O3. The summed E-state index contributed by atoms with van der Waals surface area (Å²) in [7, 11) is 1.54. The van der Waals surface area contributed by atoms with Gasteiger partial charge in [-0.15, -0.1) is 0 Å². The molecule has 0 atom stereocenters. The maximum Gasteiger partial charge on any atom is 0.253 e. The summed E-state index contributed by atoms with van der Waals surface area (Å²) in [6, 6.07) is 10.5. The summed E-state index contributed by atoms with van der Waals surface area (Å²) in [4.78, 5) is 29.2. The molecule has 30 heavy (non-hydrogen) atoms. The van der Waals surface area contributed by atoms with Crippen molar-refractivity contribution in [3.05, 3.63) is 57.6 Å². The van der Waals surface area contributed by atoms with Gasteiger partial charge in [-0.05, 0) is 43.2 Å². The van der Waals surface area contributed by atoms with Crippen LogP contribution in [0.4, 0.5) is 5.69 Å². The Morgan fingerprint density at radius 1 is 1.10 bits per heavy atom. The molecule has 1 heterocycles. The molecule has 3 rings (SSSR count). The molecule has 2 aromatic rings. The Bertz CT molecular complexity index is 936. The second-order valence-corrected chi connectivity index (χ2v) is 8.13. The van der Waals surface area contributed by atoms with Crippen LogP contribution >= 0.6 is 23.2 Å². The van der Waals surface area contributed by atoms with E-state index in [1.54, 1.807) is 36.4 Å². The van der Waals surface area contributed by atoms with Crippen molar-refractivity contribution >= 4 is 40.7 Å². The molecule has 1 N–H and O–H groups in total. The van der Waals surface area contributed by atoms with Gasteiger partial charge in [0.25, 0.3) is 5.91 Å². The molecule has 0 unspecified atom stereocenters. The molecule has 0 spiro atoms. The zero-order valence-corrected chi connectivity index (χ0v) is 18.6. The van der Waals surface area contributed by atoms with E-state index in [-0.39, 0.29) is 18.4 Å². The Hall–Kier alpha value is -2.28. The van der Waals surface area contributed by atoms with Crippen molar-refractivity contribution in [1.82, 2.24) is 9.80 Å². The predicted molar refractivity (Wildman–Crippen MR) is 120 cm³/mol. The highest BCUT2D eigenvalue weighted by Gasteiger charge is 2.22. The summed E-state index contributed by atoms with van der Waals surface area (Å²) in [5, 5.41) is 4.03. The lowest BCUT2D eigenvalue weighted by atomic mass is 10.2. The first-order valence-electron chi connectivity index (χ1n) is 9.78. The standard InChI is InChI=1S/C22H25Cl2N3O3/c1-15-11-19(20(30-2)13-18(15)24)25-21(28)14-26-7-4-8-27(10-9-26)22(29)16-5-3-6-17(23)12-16/h3,5-6,11-13H,4,7-10,14H2,1-2H3,(H,25,28). The topological polar surface area (TPSA) is 61.9 Å². The highest BCUT2D eigenvalue weighted by molar-refractivity contribution is 6.31. The number of nitrogens with one attached hydrogen (secondary N) is 1. The number of nitrogens with zero attached hydrogens (tertiary/aromatic N) is 2. The molecule has 1 aliphatic heterocycles. The van der Waals surface area contributed by atoms with Crippen LogP contribution in [0.15, 0.2) is 36.4 Å². The normalized spacial score (nSPS) is 14.9. The molecule has 0 aliphatic carbocycles. The fraction of sp³-hybridized carbons (Fsp3) is 0.364. The number of ether oxygens (including phenoxy) is 1. The average molecular weight is 450 g/mol. The summed E-state index contributed by atoms with van der Waals surface area (Å²) < 4.78 is 5.32. The van der Waals surface area contributed by atoms with Crippen molar-refractivity contribution in [2.45, 2.75) is 13.3 Å². The molecule has 8 heteroatoms. The summed E-state index contributed by atoms with van der Waals surface area (Å²) >= 11 is 12.1. The van der Waals surface area contributed by atoms with Crippen LogP contribution in [0.1, 0.15) is 22.3 Å². The van der Waals surface area contributed by atoms with Gasteiger partial charge in [-0.25, -0.2) is 0 Å². The van der Waals surface area contributed by atoms with Crippen molar-refractivity contribution < 1.29 is 14.3 Å². The minimum atomic E-state index is -0.135. The van der Waals surface area contributed by atoms with Gasteiger partial charge in [-0.2, -0.15) is 0 Å². The van der Waals surface area contributed by atoms with Crippen molar-refractivity contribution in [1.29, 1.82) is 0 Å². The van der Waals surface area contributed by atoms with Crippen LogP contribution in [0.3, 0.4) is 0 Å². The monoisotopic (exact) mass is 449 g/mol. The molecule has 0 saturated carbocycles. The van der Waals surface area contributed by atoms with E-state index in [0.717, 1.165) is 18.5 Å². The zero-order valence-electron chi connectivity index (χ0n) is 17.1. The second kappa shape index (κ2) is 10.2. The highest BCUT2D eigenvalue weighted by Crippen LogP contribution is 2.30. The number of aryl methyl sites for hydroxylation is 1. The third kappa shape index (κ3) is 5.65. The predicted octanol–water partition coefficient (Wildman–Crippen LogP) is 4.10. The number of anilines is 1. The summed E-state index contributed by atoms with van der Waals surface area (Å²) in [5.74, 6) is 0.350. The number of carbonyl (C=O) groups is 2. The van der Waals surface area contributed by atoms with Gasteiger partial charge in [0, 0.05) is 47.9 Å². The highest BCUT2D eigenvalue weighted by atomic mass is 35.5. The molecule has 2 aromatic carbocycles. The van der Waals surface area contributed by atoms with Gasteiger partial charge < -0.3 is 15.0 Å². The number of hydrogen-bond donors (Lipinski definition) is 1. The largest absolute Gasteiger partial charge is 0.495 e. The average Bonchev–Trinajstić information content (AvgIpc) is 2.95. The zero-order chi connectivity index (χ0) is 21.7. The molecule has 0 bridgehead atoms. The van der Waals surface area contributed by atoms with E-state index in [1.807, 2.05) is 11.8 Å². The van der Waals surface area contributed by atoms with Gasteiger partial charge in [0.2, 0.25) is 5.91 Å². The number of rotatable bonds is 5. The van der Waals surface area contributed by atoms with Gasteiger partial charge in [-0.3, -0.25) is 14.5 Å². The van der Waals surface area contributed by atoms with Gasteiger partial charge in [0.15, 0.2) is 0 Å². The molecule has 2 amide bonds. The number of amides is 2. The van der Waals surface area contributed by atoms with Crippen molar-refractivity contribution in [2.75, 3.05) is 45.2 Å². The van der Waals surface area contributed by atoms with E-state index in [0.29, 0.717) is 46.7 Å². The molecule has 1 fully saturated rings. The lowest BCUT2D eigenvalue weighted by Crippen LogP contribution is -2.38. The van der Waals surface area contributed by atoms with Crippen LogP contribution in [-0.2, 0) is 4.79 Å². The van der Waals surface area contributed by atoms with Crippen molar-refractivity contribution in [3.63, 3.8) is 0 Å². The summed E-state index contributed by atoms with van der Waals surface area (Å²) in [6.45, 7) is 4.68. The Morgan fingerprint density at radius 3 is 2.63 bits per heavy atom. The summed E-state index contributed by atoms with van der Waals surface area (Å²) in [5.41, 5.74) is 2.04. The molecule has 1 saturated heterocycles. The third-order valence-corrected chi connectivity index (χ3v) is 5.71. The fourth-order valence-corrected chi connectivity index (χ4v) is 3.80. The minimum absolute atomic E-state index is 0.0369. The van der Waals surface area contributed by atoms with Crippen LogP contribution < -0.4 is 10.1 Å². The van der Waals surface area contributed by atoms with Crippen molar-refractivity contribution in [2.24, 2.45) is 0 Å². The van der Waals surface area contributed by atoms with E-state index in [9.17, 15) is 9.59 Å². The first-order chi connectivity index (χ1) is 14.4. The maximum absolute atomic E-state index is 12.7. The minimum Gasteiger partial charge on any atom is -0.495 e. The first kappa shape index (κ1) is 22.4. The lowest BCUT2D eigenvalue weighted by molar-refractivity contribution is -0.117. The van der Waals surface area contributed by atoms with Crippen LogP contribution in [-0.4, -0.2) is 61.4 Å². The molecule has 6 nitrogen and oxygen atoms in total. The number of carbonyl (C=O) groups excluding carboxylic acids is 2. The molecule has 1 aliphatic rings. The fourth-order valence-electron chi connectivity index (χ4n) is 3.46. The van der Waals surface area contributed by atoms with Gasteiger partial charge in [0.05, 0.1) is 19.3 Å². The lowest BCUT2D eigenvalue weighted by Gasteiger charge is -2.22. The van der Waals surface area contributed by atoms with Gasteiger partial charge in [-0.1, -0.05) is 29.3 Å². The molecule has 0 aromatic heterocycles. The third-order valence-electron chi connectivity index (χ3n) is 5.07. The van der Waals surface area contributed by atoms with Crippen LogP contribution in [0.25, 0.3) is 0 Å². The number of halogens is 2. The Labute approximate surface area is 186 Å². The molecule has 0 radical (unpaired) electrons. The van der Waals surface area contributed by atoms with Crippen LogP contribution in [0.2, 0.25) is 10.0 Å². The van der Waals surface area contributed by atoms with E-state index in [4.69, 9.17) is 27.9 Å². The number of hydrogen-bond acceptors (Lipinski definition) is 4. The molecular weight excluding hydrogens is 425 g/mol. The SMILES string of the molecule is COc1cc(Cl)c(C)cc1NC(=O)CN1CCCN(C(=O)c2cccc(Cl)c2)CC1. The Morgan fingerprint density at radius 2 is 1.90 bits per heavy atom. The van der Waals surface area contributed by atoms with E-state index in [2.05, 4.69) is 10.2 Å².